The van der Waals surface area contributed by atoms with Crippen molar-refractivity contribution in [3.8, 4) is 0 Å². The second-order valence-corrected chi connectivity index (χ2v) is 7.71. The van der Waals surface area contributed by atoms with E-state index in [4.69, 9.17) is 9.47 Å². The summed E-state index contributed by atoms with van der Waals surface area (Å²) in [5, 5.41) is 0. The van der Waals surface area contributed by atoms with Crippen LogP contribution in [-0.2, 0) is 20.8 Å². The van der Waals surface area contributed by atoms with Crippen LogP contribution in [0.1, 0.15) is 37.9 Å². The maximum atomic E-state index is 12.8. The van der Waals surface area contributed by atoms with E-state index in [1.54, 1.807) is 7.11 Å². The molecule has 0 saturated carbocycles. The monoisotopic (exact) mass is 371 g/mol. The molecule has 1 unspecified atom stereocenters. The molecule has 2 aliphatic rings. The van der Waals surface area contributed by atoms with E-state index in [-0.39, 0.29) is 17.6 Å². The molecule has 3 heterocycles. The fourth-order valence-electron chi connectivity index (χ4n) is 4.68. The van der Waals surface area contributed by atoms with Crippen molar-refractivity contribution in [2.75, 3.05) is 26.8 Å². The lowest BCUT2D eigenvalue weighted by molar-refractivity contribution is -0.188. The van der Waals surface area contributed by atoms with Crippen LogP contribution in [0, 0.1) is 6.92 Å². The van der Waals surface area contributed by atoms with E-state index >= 15 is 0 Å². The quantitative estimate of drug-likeness (QED) is 0.829. The van der Waals surface area contributed by atoms with Crippen LogP contribution in [0.5, 0.6) is 0 Å². The van der Waals surface area contributed by atoms with Crippen molar-refractivity contribution in [3.05, 3.63) is 30.1 Å². The Morgan fingerprint density at radius 3 is 2.89 bits per heavy atom. The van der Waals surface area contributed by atoms with Crippen molar-refractivity contribution < 1.29 is 14.3 Å². The topological polar surface area (TPSA) is 56.6 Å². The number of hydrogen-bond donors (Lipinski definition) is 0. The number of amides is 1. The fourth-order valence-corrected chi connectivity index (χ4v) is 4.68. The Balaban J connectivity index is 1.36. The van der Waals surface area contributed by atoms with Crippen molar-refractivity contribution in [2.24, 2.45) is 0 Å². The summed E-state index contributed by atoms with van der Waals surface area (Å²) in [6.07, 6.45) is 4.50. The predicted molar refractivity (Wildman–Crippen MR) is 104 cm³/mol. The van der Waals surface area contributed by atoms with Crippen LogP contribution in [0.15, 0.2) is 24.3 Å². The lowest BCUT2D eigenvalue weighted by Gasteiger charge is -2.48. The number of rotatable bonds is 4. The number of hydrogen-bond acceptors (Lipinski definition) is 4. The Morgan fingerprint density at radius 2 is 2.11 bits per heavy atom. The Hall–Kier alpha value is -1.92. The minimum Gasteiger partial charge on any atom is -0.378 e. The summed E-state index contributed by atoms with van der Waals surface area (Å²) in [5.74, 6) is 1.17. The van der Waals surface area contributed by atoms with Crippen LogP contribution in [0.2, 0.25) is 0 Å². The lowest BCUT2D eigenvalue weighted by Crippen LogP contribution is -2.56. The molecular formula is C21H29N3O3. The van der Waals surface area contributed by atoms with Gasteiger partial charge in [0.1, 0.15) is 5.82 Å². The number of benzene rings is 1. The van der Waals surface area contributed by atoms with E-state index in [0.717, 1.165) is 62.2 Å². The van der Waals surface area contributed by atoms with Crippen LogP contribution in [0.4, 0.5) is 0 Å². The molecule has 6 nitrogen and oxygen atoms in total. The first-order valence-corrected chi connectivity index (χ1v) is 9.99. The Bertz CT molecular complexity index is 808. The summed E-state index contributed by atoms with van der Waals surface area (Å²) >= 11 is 0. The number of ether oxygens (including phenoxy) is 2. The number of carbonyl (C=O) groups is 1. The van der Waals surface area contributed by atoms with Crippen molar-refractivity contribution in [1.29, 1.82) is 0 Å². The van der Waals surface area contributed by atoms with Gasteiger partial charge in [-0.3, -0.25) is 4.79 Å². The van der Waals surface area contributed by atoms with Gasteiger partial charge in [0.15, 0.2) is 0 Å². The molecule has 1 aromatic heterocycles. The number of para-hydroxylation sites is 2. The normalized spacial score (nSPS) is 22.4. The number of fused-ring (bicyclic) bond motifs is 1. The van der Waals surface area contributed by atoms with E-state index in [1.807, 2.05) is 30.0 Å². The first kappa shape index (κ1) is 18.4. The molecule has 1 amide bonds. The first-order valence-electron chi connectivity index (χ1n) is 9.99. The molecule has 2 fully saturated rings. The number of aryl methyl sites for hydroxylation is 2. The van der Waals surface area contributed by atoms with Gasteiger partial charge >= 0.3 is 0 Å². The van der Waals surface area contributed by atoms with Gasteiger partial charge in [-0.15, -0.1) is 0 Å². The van der Waals surface area contributed by atoms with E-state index in [9.17, 15) is 4.79 Å². The summed E-state index contributed by atoms with van der Waals surface area (Å²) in [7, 11) is 1.77. The number of likely N-dealkylation sites (tertiary alicyclic amines) is 1. The summed E-state index contributed by atoms with van der Waals surface area (Å²) in [6, 6.07) is 8.09. The van der Waals surface area contributed by atoms with Gasteiger partial charge in [0, 0.05) is 39.8 Å². The van der Waals surface area contributed by atoms with Gasteiger partial charge in [-0.25, -0.2) is 4.98 Å². The highest BCUT2D eigenvalue weighted by molar-refractivity contribution is 5.78. The Morgan fingerprint density at radius 1 is 1.33 bits per heavy atom. The van der Waals surface area contributed by atoms with Gasteiger partial charge in [0.25, 0.3) is 0 Å². The molecular weight excluding hydrogens is 342 g/mol. The second kappa shape index (κ2) is 7.60. The zero-order valence-corrected chi connectivity index (χ0v) is 16.3. The van der Waals surface area contributed by atoms with Gasteiger partial charge in [-0.2, -0.15) is 0 Å². The molecule has 27 heavy (non-hydrogen) atoms. The van der Waals surface area contributed by atoms with E-state index in [2.05, 4.69) is 15.6 Å². The molecule has 4 rings (SSSR count). The maximum Gasteiger partial charge on any atom is 0.224 e. The Labute approximate surface area is 160 Å². The molecule has 6 heteroatoms. The highest BCUT2D eigenvalue weighted by Gasteiger charge is 2.45. The maximum absolute atomic E-state index is 12.8. The predicted octanol–water partition coefficient (Wildman–Crippen LogP) is 2.92. The first-order chi connectivity index (χ1) is 13.1. The number of nitrogens with zero attached hydrogens (tertiary/aromatic N) is 3. The molecule has 1 spiro atoms. The van der Waals surface area contributed by atoms with Crippen molar-refractivity contribution >= 4 is 16.9 Å². The molecule has 1 aromatic carbocycles. The highest BCUT2D eigenvalue weighted by atomic mass is 16.5. The average molecular weight is 371 g/mol. The van der Waals surface area contributed by atoms with Crippen LogP contribution in [0.3, 0.4) is 0 Å². The molecule has 2 aliphatic heterocycles. The summed E-state index contributed by atoms with van der Waals surface area (Å²) in [5.41, 5.74) is 1.89. The lowest BCUT2D eigenvalue weighted by atomic mass is 9.82. The third-order valence-electron chi connectivity index (χ3n) is 6.23. The number of methoxy groups -OCH3 is 1. The van der Waals surface area contributed by atoms with Gasteiger partial charge in [-0.1, -0.05) is 12.1 Å². The van der Waals surface area contributed by atoms with Crippen LogP contribution in [-0.4, -0.2) is 58.9 Å². The summed E-state index contributed by atoms with van der Waals surface area (Å²) in [4.78, 5) is 19.4. The fraction of sp³-hybridized carbons (Fsp3) is 0.619. The second-order valence-electron chi connectivity index (χ2n) is 7.71. The minimum atomic E-state index is -0.194. The largest absolute Gasteiger partial charge is 0.378 e. The molecule has 0 aliphatic carbocycles. The Kier molecular flexibility index (Phi) is 5.19. The van der Waals surface area contributed by atoms with E-state index in [1.165, 1.54) is 0 Å². The smallest absolute Gasteiger partial charge is 0.224 e. The summed E-state index contributed by atoms with van der Waals surface area (Å²) < 4.78 is 14.0. The molecule has 0 radical (unpaired) electrons. The zero-order valence-electron chi connectivity index (χ0n) is 16.3. The van der Waals surface area contributed by atoms with Crippen LogP contribution < -0.4 is 0 Å². The third-order valence-corrected chi connectivity index (χ3v) is 6.23. The number of piperidine rings is 1. The van der Waals surface area contributed by atoms with Gasteiger partial charge < -0.3 is 18.9 Å². The molecule has 146 valence electrons. The van der Waals surface area contributed by atoms with Crippen LogP contribution in [0.25, 0.3) is 11.0 Å². The third kappa shape index (κ3) is 3.48. The molecule has 0 N–H and O–H groups in total. The van der Waals surface area contributed by atoms with Crippen LogP contribution >= 0.6 is 0 Å². The van der Waals surface area contributed by atoms with E-state index in [0.29, 0.717) is 13.0 Å². The van der Waals surface area contributed by atoms with Gasteiger partial charge in [0.05, 0.1) is 22.7 Å². The van der Waals surface area contributed by atoms with Gasteiger partial charge in [0.2, 0.25) is 5.91 Å². The van der Waals surface area contributed by atoms with Crippen molar-refractivity contribution in [3.63, 3.8) is 0 Å². The zero-order chi connectivity index (χ0) is 18.9. The van der Waals surface area contributed by atoms with Crippen molar-refractivity contribution in [1.82, 2.24) is 14.5 Å². The molecule has 2 aromatic rings. The summed E-state index contributed by atoms with van der Waals surface area (Å²) in [6.45, 7) is 4.98. The van der Waals surface area contributed by atoms with E-state index < -0.39 is 0 Å². The number of carbonyl (C=O) groups excluding carboxylic acids is 1. The van der Waals surface area contributed by atoms with Crippen molar-refractivity contribution in [2.45, 2.75) is 57.3 Å². The standard InChI is InChI=1S/C21H29N3O3/c1-16-22-17-6-3-4-7-18(17)24(16)12-9-20(25)23-13-10-21(11-14-23)19(26-2)8-5-15-27-21/h3-4,6-7,19H,5,8-15H2,1-2H3. The number of imidazole rings is 1. The molecule has 0 bridgehead atoms. The highest BCUT2D eigenvalue weighted by Crippen LogP contribution is 2.36. The number of aromatic nitrogens is 2. The SMILES string of the molecule is COC1CCCOC12CCN(C(=O)CCn1c(C)nc3ccccc31)CC2. The average Bonchev–Trinajstić information content (AvgIpc) is 3.02. The molecule has 2 saturated heterocycles. The van der Waals surface area contributed by atoms with Gasteiger partial charge in [-0.05, 0) is 44.7 Å². The molecule has 1 atom stereocenters. The minimum absolute atomic E-state index is 0.156.